The van der Waals surface area contributed by atoms with Crippen molar-refractivity contribution in [1.82, 2.24) is 10.3 Å². The number of nitrogens with one attached hydrogen (secondary N) is 1. The zero-order valence-corrected chi connectivity index (χ0v) is 16.6. The minimum Gasteiger partial charge on any atom is -0.443 e. The van der Waals surface area contributed by atoms with Gasteiger partial charge in [-0.2, -0.15) is 0 Å². The van der Waals surface area contributed by atoms with E-state index >= 15 is 0 Å². The summed E-state index contributed by atoms with van der Waals surface area (Å²) in [6.45, 7) is 4.70. The van der Waals surface area contributed by atoms with Crippen LogP contribution in [0.2, 0.25) is 0 Å². The molecule has 144 valence electrons. The van der Waals surface area contributed by atoms with Crippen LogP contribution in [0.4, 0.5) is 5.69 Å². The molecular formula is C21H21N3O3S. The summed E-state index contributed by atoms with van der Waals surface area (Å²) in [5.41, 5.74) is 3.75. The smallest absolute Gasteiger partial charge is 0.236 e. The van der Waals surface area contributed by atoms with Crippen LogP contribution in [0.15, 0.2) is 46.4 Å². The maximum atomic E-state index is 12.6. The summed E-state index contributed by atoms with van der Waals surface area (Å²) in [7, 11) is 0. The van der Waals surface area contributed by atoms with Gasteiger partial charge >= 0.3 is 0 Å². The number of amides is 2. The molecular weight excluding hydrogens is 374 g/mol. The Labute approximate surface area is 167 Å². The summed E-state index contributed by atoms with van der Waals surface area (Å²) in [4.78, 5) is 32.1. The van der Waals surface area contributed by atoms with Crippen LogP contribution in [-0.2, 0) is 16.1 Å². The molecule has 0 unspecified atom stereocenters. The number of carbonyl (C=O) groups excluding carboxylic acids is 2. The van der Waals surface area contributed by atoms with E-state index in [0.29, 0.717) is 18.1 Å². The Morgan fingerprint density at radius 2 is 2.18 bits per heavy atom. The Morgan fingerprint density at radius 3 is 2.96 bits per heavy atom. The summed E-state index contributed by atoms with van der Waals surface area (Å²) in [5.74, 6) is 0.0320. The average molecular weight is 395 g/mol. The first-order chi connectivity index (χ1) is 13.5. The maximum Gasteiger partial charge on any atom is 0.236 e. The van der Waals surface area contributed by atoms with Crippen LogP contribution in [-0.4, -0.2) is 23.3 Å². The van der Waals surface area contributed by atoms with Gasteiger partial charge in [0.25, 0.3) is 0 Å². The number of oxazole rings is 1. The van der Waals surface area contributed by atoms with E-state index in [-0.39, 0.29) is 30.7 Å². The number of nitrogens with zero attached hydrogens (tertiary/aromatic N) is 2. The van der Waals surface area contributed by atoms with E-state index in [4.69, 9.17) is 4.42 Å². The molecule has 3 heterocycles. The Balaban J connectivity index is 1.38. The van der Waals surface area contributed by atoms with E-state index in [1.807, 2.05) is 49.6 Å². The molecule has 0 saturated carbocycles. The number of carbonyl (C=O) groups is 2. The number of aryl methyl sites for hydroxylation is 1. The minimum atomic E-state index is -0.365. The zero-order chi connectivity index (χ0) is 19.7. The molecule has 1 saturated heterocycles. The SMILES string of the molecule is Cc1cccc(N2C[C@H](C(=O)NCc3coc(-c4cccs4)n3)CC2=O)c1C. The first kappa shape index (κ1) is 18.4. The van der Waals surface area contributed by atoms with Gasteiger partial charge in [0, 0.05) is 18.7 Å². The molecule has 28 heavy (non-hydrogen) atoms. The van der Waals surface area contributed by atoms with E-state index in [1.54, 1.807) is 22.5 Å². The van der Waals surface area contributed by atoms with Crippen LogP contribution >= 0.6 is 11.3 Å². The molecule has 2 aromatic heterocycles. The van der Waals surface area contributed by atoms with Gasteiger partial charge in [-0.05, 0) is 42.5 Å². The lowest BCUT2D eigenvalue weighted by Gasteiger charge is -2.20. The molecule has 7 heteroatoms. The zero-order valence-electron chi connectivity index (χ0n) is 15.8. The second-order valence-electron chi connectivity index (χ2n) is 6.96. The fraction of sp³-hybridized carbons (Fsp3) is 0.286. The highest BCUT2D eigenvalue weighted by molar-refractivity contribution is 7.13. The summed E-state index contributed by atoms with van der Waals surface area (Å²) >= 11 is 1.55. The van der Waals surface area contributed by atoms with Crippen LogP contribution in [0.5, 0.6) is 0 Å². The number of rotatable bonds is 5. The van der Waals surface area contributed by atoms with Crippen LogP contribution in [0, 0.1) is 19.8 Å². The molecule has 2 amide bonds. The first-order valence-electron chi connectivity index (χ1n) is 9.15. The highest BCUT2D eigenvalue weighted by Crippen LogP contribution is 2.29. The topological polar surface area (TPSA) is 75.4 Å². The van der Waals surface area contributed by atoms with Crippen LogP contribution in [0.3, 0.4) is 0 Å². The lowest BCUT2D eigenvalue weighted by atomic mass is 10.1. The highest BCUT2D eigenvalue weighted by Gasteiger charge is 2.35. The van der Waals surface area contributed by atoms with E-state index < -0.39 is 0 Å². The van der Waals surface area contributed by atoms with E-state index in [2.05, 4.69) is 10.3 Å². The fourth-order valence-corrected chi connectivity index (χ4v) is 4.02. The van der Waals surface area contributed by atoms with Crippen molar-refractivity contribution >= 4 is 28.8 Å². The van der Waals surface area contributed by atoms with Crippen LogP contribution in [0.25, 0.3) is 10.8 Å². The van der Waals surface area contributed by atoms with Gasteiger partial charge in [-0.3, -0.25) is 9.59 Å². The standard InChI is InChI=1S/C21H21N3O3S/c1-13-5-3-6-17(14(13)2)24-11-15(9-19(24)25)20(26)22-10-16-12-27-21(23-16)18-7-4-8-28-18/h3-8,12,15H,9-11H2,1-2H3,(H,22,26)/t15-/m1/s1. The molecule has 1 fully saturated rings. The molecule has 1 atom stereocenters. The Bertz CT molecular complexity index is 1010. The third-order valence-electron chi connectivity index (χ3n) is 5.09. The molecule has 1 aliphatic heterocycles. The van der Waals surface area contributed by atoms with Crippen molar-refractivity contribution in [2.24, 2.45) is 5.92 Å². The van der Waals surface area contributed by atoms with Crippen molar-refractivity contribution in [1.29, 1.82) is 0 Å². The number of hydrogen-bond donors (Lipinski definition) is 1. The Morgan fingerprint density at radius 1 is 1.32 bits per heavy atom. The molecule has 1 N–H and O–H groups in total. The average Bonchev–Trinajstić information content (AvgIpc) is 3.42. The predicted molar refractivity (Wildman–Crippen MR) is 108 cm³/mol. The Kier molecular flexibility index (Phi) is 5.00. The van der Waals surface area contributed by atoms with Crippen molar-refractivity contribution < 1.29 is 14.0 Å². The normalized spacial score (nSPS) is 16.6. The number of benzene rings is 1. The molecule has 0 bridgehead atoms. The van der Waals surface area contributed by atoms with Crippen LogP contribution in [0.1, 0.15) is 23.2 Å². The molecule has 6 nitrogen and oxygen atoms in total. The third kappa shape index (κ3) is 3.57. The third-order valence-corrected chi connectivity index (χ3v) is 5.95. The summed E-state index contributed by atoms with van der Waals surface area (Å²) in [6, 6.07) is 9.76. The number of aromatic nitrogens is 1. The molecule has 1 aliphatic rings. The van der Waals surface area contributed by atoms with E-state index in [9.17, 15) is 9.59 Å². The van der Waals surface area contributed by atoms with Gasteiger partial charge < -0.3 is 14.6 Å². The second-order valence-corrected chi connectivity index (χ2v) is 7.91. The van der Waals surface area contributed by atoms with Gasteiger partial charge in [0.2, 0.25) is 17.7 Å². The molecule has 1 aromatic carbocycles. The van der Waals surface area contributed by atoms with E-state index in [0.717, 1.165) is 21.7 Å². The number of thiophene rings is 1. The molecule has 0 aliphatic carbocycles. The van der Waals surface area contributed by atoms with Gasteiger partial charge in [0.1, 0.15) is 6.26 Å². The minimum absolute atomic E-state index is 0.0183. The van der Waals surface area contributed by atoms with Crippen molar-refractivity contribution in [2.75, 3.05) is 11.4 Å². The van der Waals surface area contributed by atoms with Crippen molar-refractivity contribution in [3.63, 3.8) is 0 Å². The fourth-order valence-electron chi connectivity index (χ4n) is 3.37. The van der Waals surface area contributed by atoms with E-state index in [1.165, 1.54) is 0 Å². The second kappa shape index (κ2) is 7.59. The van der Waals surface area contributed by atoms with Gasteiger partial charge in [-0.25, -0.2) is 4.98 Å². The highest BCUT2D eigenvalue weighted by atomic mass is 32.1. The monoisotopic (exact) mass is 395 g/mol. The van der Waals surface area contributed by atoms with Gasteiger partial charge in [-0.15, -0.1) is 11.3 Å². The summed E-state index contributed by atoms with van der Waals surface area (Å²) < 4.78 is 5.47. The predicted octanol–water partition coefficient (Wildman–Crippen LogP) is 3.69. The van der Waals surface area contributed by atoms with Gasteiger partial charge in [0.05, 0.1) is 23.0 Å². The first-order valence-corrected chi connectivity index (χ1v) is 10.0. The van der Waals surface area contributed by atoms with Crippen molar-refractivity contribution in [3.8, 4) is 10.8 Å². The molecule has 3 aromatic rings. The summed E-state index contributed by atoms with van der Waals surface area (Å²) in [5, 5.41) is 4.84. The van der Waals surface area contributed by atoms with Crippen molar-refractivity contribution in [3.05, 3.63) is 58.8 Å². The maximum absolute atomic E-state index is 12.6. The number of anilines is 1. The van der Waals surface area contributed by atoms with Gasteiger partial charge in [-0.1, -0.05) is 18.2 Å². The molecule has 0 spiro atoms. The number of hydrogen-bond acceptors (Lipinski definition) is 5. The molecule has 4 rings (SSSR count). The van der Waals surface area contributed by atoms with Crippen molar-refractivity contribution in [2.45, 2.75) is 26.8 Å². The quantitative estimate of drug-likeness (QED) is 0.715. The van der Waals surface area contributed by atoms with Crippen LogP contribution < -0.4 is 10.2 Å². The summed E-state index contributed by atoms with van der Waals surface area (Å²) in [6.07, 6.45) is 1.77. The Hall–Kier alpha value is -2.93. The lowest BCUT2D eigenvalue weighted by Crippen LogP contribution is -2.32. The van der Waals surface area contributed by atoms with Gasteiger partial charge in [0.15, 0.2) is 0 Å². The molecule has 0 radical (unpaired) electrons. The lowest BCUT2D eigenvalue weighted by molar-refractivity contribution is -0.126. The largest absolute Gasteiger partial charge is 0.443 e.